The minimum absolute atomic E-state index is 0.171. The molecular formula is C15H12ClFN2O4. The van der Waals surface area contributed by atoms with Crippen LogP contribution in [-0.4, -0.2) is 17.4 Å². The second-order valence-electron chi connectivity index (χ2n) is 4.45. The monoisotopic (exact) mass is 338 g/mol. The number of benzene rings is 2. The maximum atomic E-state index is 13.7. The van der Waals surface area contributed by atoms with Crippen LogP contribution < -0.4 is 10.1 Å². The summed E-state index contributed by atoms with van der Waals surface area (Å²) in [5.74, 6) is -0.998. The van der Waals surface area contributed by atoms with Crippen LogP contribution in [0.3, 0.4) is 0 Å². The van der Waals surface area contributed by atoms with Crippen molar-refractivity contribution in [3.05, 3.63) is 62.9 Å². The summed E-state index contributed by atoms with van der Waals surface area (Å²) in [6.45, 7) is 2.21. The summed E-state index contributed by atoms with van der Waals surface area (Å²) in [4.78, 5) is 22.1. The van der Waals surface area contributed by atoms with Crippen molar-refractivity contribution < 1.29 is 18.8 Å². The fourth-order valence-corrected chi connectivity index (χ4v) is 2.07. The van der Waals surface area contributed by atoms with Gasteiger partial charge < -0.3 is 10.1 Å². The maximum absolute atomic E-state index is 13.7. The molecule has 0 spiro atoms. The Morgan fingerprint density at radius 1 is 1.35 bits per heavy atom. The lowest BCUT2D eigenvalue weighted by Crippen LogP contribution is -2.13. The number of amides is 1. The van der Waals surface area contributed by atoms with E-state index < -0.39 is 16.6 Å². The smallest absolute Gasteiger partial charge is 0.271 e. The highest BCUT2D eigenvalue weighted by Crippen LogP contribution is 2.26. The Labute approximate surface area is 136 Å². The summed E-state index contributed by atoms with van der Waals surface area (Å²) < 4.78 is 18.9. The summed E-state index contributed by atoms with van der Waals surface area (Å²) in [6, 6.07) is 7.23. The van der Waals surface area contributed by atoms with E-state index in [4.69, 9.17) is 16.3 Å². The molecule has 0 aliphatic carbocycles. The summed E-state index contributed by atoms with van der Waals surface area (Å²) in [6.07, 6.45) is 0. The number of halogens is 2. The van der Waals surface area contributed by atoms with Crippen LogP contribution in [-0.2, 0) is 0 Å². The molecule has 0 atom stereocenters. The number of nitrogens with zero attached hydrogens (tertiary/aromatic N) is 1. The lowest BCUT2D eigenvalue weighted by Gasteiger charge is -2.09. The van der Waals surface area contributed by atoms with E-state index in [0.29, 0.717) is 12.4 Å². The molecular weight excluding hydrogens is 327 g/mol. The number of carbonyl (C=O) groups is 1. The van der Waals surface area contributed by atoms with Gasteiger partial charge in [0.2, 0.25) is 0 Å². The molecule has 0 bridgehead atoms. The van der Waals surface area contributed by atoms with E-state index in [9.17, 15) is 19.3 Å². The fraction of sp³-hybridized carbons (Fsp3) is 0.133. The molecule has 0 radical (unpaired) electrons. The van der Waals surface area contributed by atoms with Crippen molar-refractivity contribution in [2.24, 2.45) is 0 Å². The van der Waals surface area contributed by atoms with Gasteiger partial charge in [-0.25, -0.2) is 4.39 Å². The van der Waals surface area contributed by atoms with Crippen LogP contribution in [0.25, 0.3) is 0 Å². The third kappa shape index (κ3) is 3.95. The van der Waals surface area contributed by atoms with Gasteiger partial charge >= 0.3 is 0 Å². The second kappa shape index (κ2) is 7.06. The highest BCUT2D eigenvalue weighted by Gasteiger charge is 2.15. The highest BCUT2D eigenvalue weighted by atomic mass is 35.5. The topological polar surface area (TPSA) is 81.5 Å². The zero-order chi connectivity index (χ0) is 17.0. The van der Waals surface area contributed by atoms with E-state index in [0.717, 1.165) is 18.2 Å². The van der Waals surface area contributed by atoms with Crippen molar-refractivity contribution in [1.82, 2.24) is 0 Å². The number of ether oxygens (including phenoxy) is 1. The molecule has 0 aliphatic rings. The standard InChI is InChI=1S/C15H12ClFN2O4/c1-2-23-14-6-3-9(7-11(14)16)15(20)18-13-8-10(19(21)22)4-5-12(13)17/h3-8H,2H2,1H3,(H,18,20). The summed E-state index contributed by atoms with van der Waals surface area (Å²) in [5.41, 5.74) is -0.440. The van der Waals surface area contributed by atoms with Gasteiger partial charge in [-0.3, -0.25) is 14.9 Å². The summed E-state index contributed by atoms with van der Waals surface area (Å²) in [7, 11) is 0. The Kier molecular flexibility index (Phi) is 5.13. The number of nitro groups is 1. The van der Waals surface area contributed by atoms with Gasteiger partial charge in [0, 0.05) is 17.7 Å². The van der Waals surface area contributed by atoms with Crippen molar-refractivity contribution in [3.63, 3.8) is 0 Å². The van der Waals surface area contributed by atoms with Gasteiger partial charge in [0.05, 0.1) is 22.2 Å². The van der Waals surface area contributed by atoms with Crippen LogP contribution in [0.15, 0.2) is 36.4 Å². The van der Waals surface area contributed by atoms with Gasteiger partial charge in [0.15, 0.2) is 0 Å². The molecule has 0 aliphatic heterocycles. The molecule has 2 aromatic rings. The number of non-ortho nitro benzene ring substituents is 1. The summed E-state index contributed by atoms with van der Waals surface area (Å²) >= 11 is 5.98. The van der Waals surface area contributed by atoms with Crippen LogP contribution in [0.2, 0.25) is 5.02 Å². The first-order chi connectivity index (χ1) is 10.9. The largest absolute Gasteiger partial charge is 0.492 e. The molecule has 2 aromatic carbocycles. The molecule has 0 saturated carbocycles. The van der Waals surface area contributed by atoms with Gasteiger partial charge in [0.25, 0.3) is 11.6 Å². The van der Waals surface area contributed by atoms with Gasteiger partial charge in [-0.05, 0) is 31.2 Å². The SMILES string of the molecule is CCOc1ccc(C(=O)Nc2cc([N+](=O)[O-])ccc2F)cc1Cl. The minimum atomic E-state index is -0.777. The number of hydrogen-bond donors (Lipinski definition) is 1. The normalized spacial score (nSPS) is 10.2. The van der Waals surface area contributed by atoms with E-state index in [-0.39, 0.29) is 22.0 Å². The van der Waals surface area contributed by atoms with Crippen LogP contribution in [0.1, 0.15) is 17.3 Å². The van der Waals surface area contributed by atoms with Crippen molar-refractivity contribution >= 4 is 28.9 Å². The zero-order valence-corrected chi connectivity index (χ0v) is 12.8. The third-order valence-corrected chi connectivity index (χ3v) is 3.20. The minimum Gasteiger partial charge on any atom is -0.492 e. The van der Waals surface area contributed by atoms with Crippen molar-refractivity contribution in [2.75, 3.05) is 11.9 Å². The Morgan fingerprint density at radius 2 is 2.09 bits per heavy atom. The molecule has 8 heteroatoms. The Balaban J connectivity index is 2.24. The lowest BCUT2D eigenvalue weighted by atomic mass is 10.2. The molecule has 0 heterocycles. The number of nitro benzene ring substituents is 1. The third-order valence-electron chi connectivity index (χ3n) is 2.90. The molecule has 0 unspecified atom stereocenters. The van der Waals surface area contributed by atoms with Crippen LogP contribution in [0, 0.1) is 15.9 Å². The van der Waals surface area contributed by atoms with Gasteiger partial charge in [-0.1, -0.05) is 11.6 Å². The maximum Gasteiger partial charge on any atom is 0.271 e. The van der Waals surface area contributed by atoms with Crippen LogP contribution >= 0.6 is 11.6 Å². The number of nitrogens with one attached hydrogen (secondary N) is 1. The van der Waals surface area contributed by atoms with Crippen molar-refractivity contribution in [3.8, 4) is 5.75 Å². The van der Waals surface area contributed by atoms with E-state index in [2.05, 4.69) is 5.32 Å². The van der Waals surface area contributed by atoms with E-state index in [1.54, 1.807) is 6.92 Å². The first-order valence-electron chi connectivity index (χ1n) is 6.60. The number of hydrogen-bond acceptors (Lipinski definition) is 4. The van der Waals surface area contributed by atoms with Gasteiger partial charge in [-0.2, -0.15) is 0 Å². The zero-order valence-electron chi connectivity index (χ0n) is 12.0. The Morgan fingerprint density at radius 3 is 2.70 bits per heavy atom. The molecule has 1 N–H and O–H groups in total. The van der Waals surface area contributed by atoms with Crippen molar-refractivity contribution in [1.29, 1.82) is 0 Å². The first kappa shape index (κ1) is 16.7. The molecule has 120 valence electrons. The molecule has 2 rings (SSSR count). The molecule has 23 heavy (non-hydrogen) atoms. The average Bonchev–Trinajstić information content (AvgIpc) is 2.51. The van der Waals surface area contributed by atoms with Gasteiger partial charge in [-0.15, -0.1) is 0 Å². The molecule has 0 fully saturated rings. The van der Waals surface area contributed by atoms with E-state index in [1.165, 1.54) is 18.2 Å². The predicted molar refractivity (Wildman–Crippen MR) is 83.6 cm³/mol. The average molecular weight is 339 g/mol. The molecule has 1 amide bonds. The fourth-order valence-electron chi connectivity index (χ4n) is 1.83. The van der Waals surface area contributed by atoms with E-state index >= 15 is 0 Å². The predicted octanol–water partition coefficient (Wildman–Crippen LogP) is 4.04. The first-order valence-corrected chi connectivity index (χ1v) is 6.97. The van der Waals surface area contributed by atoms with Gasteiger partial charge in [0.1, 0.15) is 11.6 Å². The molecule has 6 nitrogen and oxygen atoms in total. The summed E-state index contributed by atoms with van der Waals surface area (Å²) in [5, 5.41) is 13.2. The molecule has 0 saturated heterocycles. The molecule has 0 aromatic heterocycles. The number of rotatable bonds is 5. The Hall–Kier alpha value is -2.67. The van der Waals surface area contributed by atoms with E-state index in [1.807, 2.05) is 0 Å². The number of anilines is 1. The van der Waals surface area contributed by atoms with Crippen LogP contribution in [0.4, 0.5) is 15.8 Å². The quantitative estimate of drug-likeness (QED) is 0.659. The van der Waals surface area contributed by atoms with Crippen LogP contribution in [0.5, 0.6) is 5.75 Å². The number of carbonyl (C=O) groups excluding carboxylic acids is 1. The Bertz CT molecular complexity index is 767. The lowest BCUT2D eigenvalue weighted by molar-refractivity contribution is -0.384. The van der Waals surface area contributed by atoms with Crippen molar-refractivity contribution in [2.45, 2.75) is 6.92 Å². The second-order valence-corrected chi connectivity index (χ2v) is 4.86. The highest BCUT2D eigenvalue weighted by molar-refractivity contribution is 6.32.